The lowest BCUT2D eigenvalue weighted by molar-refractivity contribution is -0.121. The molecule has 4 rings (SSSR count). The molecule has 160 valence electrons. The Morgan fingerprint density at radius 3 is 2.81 bits per heavy atom. The number of anilines is 1. The summed E-state index contributed by atoms with van der Waals surface area (Å²) in [5.41, 5.74) is 3.58. The van der Waals surface area contributed by atoms with E-state index in [1.807, 2.05) is 38.3 Å². The van der Waals surface area contributed by atoms with Gasteiger partial charge in [0.05, 0.1) is 28.5 Å². The summed E-state index contributed by atoms with van der Waals surface area (Å²) in [6.07, 6.45) is 2.15. The summed E-state index contributed by atoms with van der Waals surface area (Å²) >= 11 is 1.48. The molecule has 2 aromatic heterocycles. The third kappa shape index (κ3) is 4.20. The van der Waals surface area contributed by atoms with Gasteiger partial charge >= 0.3 is 0 Å². The molecule has 3 heterocycles. The molecular formula is C23H23FN4O2S. The second-order valence-electron chi connectivity index (χ2n) is 7.84. The highest BCUT2D eigenvalue weighted by Crippen LogP contribution is 2.27. The van der Waals surface area contributed by atoms with E-state index in [9.17, 15) is 14.0 Å². The number of thiophene rings is 1. The van der Waals surface area contributed by atoms with Crippen LogP contribution in [0.15, 0.2) is 41.9 Å². The van der Waals surface area contributed by atoms with Crippen molar-refractivity contribution in [3.63, 3.8) is 0 Å². The van der Waals surface area contributed by atoms with Crippen LogP contribution in [0.3, 0.4) is 0 Å². The summed E-state index contributed by atoms with van der Waals surface area (Å²) < 4.78 is 14.6. The molecule has 0 unspecified atom stereocenters. The van der Waals surface area contributed by atoms with Gasteiger partial charge in [0.25, 0.3) is 5.91 Å². The van der Waals surface area contributed by atoms with Crippen molar-refractivity contribution in [2.75, 3.05) is 18.0 Å². The Labute approximate surface area is 184 Å². The predicted octanol–water partition coefficient (Wildman–Crippen LogP) is 3.76. The van der Waals surface area contributed by atoms with Crippen LogP contribution in [0, 0.1) is 19.7 Å². The first kappa shape index (κ1) is 21.1. The first-order valence-corrected chi connectivity index (χ1v) is 10.9. The SMILES string of the molecule is Cc1cnnc(Cc2ccc(F)c(C(=O)N3CC(=O)N(c4cccs4)[C@H](C)C3)c2)c1C. The van der Waals surface area contributed by atoms with Crippen LogP contribution < -0.4 is 4.90 Å². The average molecular weight is 439 g/mol. The zero-order chi connectivity index (χ0) is 22.1. The zero-order valence-corrected chi connectivity index (χ0v) is 18.4. The topological polar surface area (TPSA) is 66.4 Å². The Morgan fingerprint density at radius 1 is 1.29 bits per heavy atom. The van der Waals surface area contributed by atoms with E-state index in [-0.39, 0.29) is 24.1 Å². The fourth-order valence-electron chi connectivity index (χ4n) is 3.81. The van der Waals surface area contributed by atoms with Crippen LogP contribution in [0.1, 0.15) is 39.7 Å². The van der Waals surface area contributed by atoms with Crippen molar-refractivity contribution in [1.29, 1.82) is 0 Å². The van der Waals surface area contributed by atoms with E-state index in [4.69, 9.17) is 0 Å². The molecule has 3 aromatic rings. The number of piperazine rings is 1. The molecule has 1 aliphatic heterocycles. The van der Waals surface area contributed by atoms with E-state index in [0.717, 1.165) is 27.4 Å². The highest BCUT2D eigenvalue weighted by molar-refractivity contribution is 7.14. The molecule has 0 bridgehead atoms. The van der Waals surface area contributed by atoms with Crippen molar-refractivity contribution in [3.8, 4) is 0 Å². The number of aromatic nitrogens is 2. The van der Waals surface area contributed by atoms with Gasteiger partial charge in [0, 0.05) is 13.0 Å². The standard InChI is InChI=1S/C23H23FN4O2S/c1-14-11-25-26-20(16(14)3)10-17-6-7-19(24)18(9-17)23(30)27-12-15(2)28(21(29)13-27)22-5-4-8-31-22/h4-9,11,15H,10,12-13H2,1-3H3/t15-/m1/s1. The highest BCUT2D eigenvalue weighted by atomic mass is 32.1. The Balaban J connectivity index is 1.55. The molecule has 8 heteroatoms. The number of hydrogen-bond donors (Lipinski definition) is 0. The normalized spacial score (nSPS) is 16.6. The number of aryl methyl sites for hydroxylation is 1. The van der Waals surface area contributed by atoms with Crippen LogP contribution in [-0.4, -0.2) is 46.0 Å². The van der Waals surface area contributed by atoms with Gasteiger partial charge in [0.1, 0.15) is 12.4 Å². The Morgan fingerprint density at radius 2 is 2.10 bits per heavy atom. The average Bonchev–Trinajstić information content (AvgIpc) is 3.26. The summed E-state index contributed by atoms with van der Waals surface area (Å²) in [5, 5.41) is 10.9. The summed E-state index contributed by atoms with van der Waals surface area (Å²) in [7, 11) is 0. The third-order valence-corrected chi connectivity index (χ3v) is 6.51. The minimum absolute atomic E-state index is 0.0275. The molecular weight excluding hydrogens is 415 g/mol. The van der Waals surface area contributed by atoms with Gasteiger partial charge in [-0.05, 0) is 67.1 Å². The van der Waals surface area contributed by atoms with Gasteiger partial charge < -0.3 is 4.90 Å². The molecule has 0 saturated carbocycles. The number of carbonyl (C=O) groups is 2. The predicted molar refractivity (Wildman–Crippen MR) is 118 cm³/mol. The molecule has 0 N–H and O–H groups in total. The van der Waals surface area contributed by atoms with Gasteiger partial charge in [-0.15, -0.1) is 11.3 Å². The lowest BCUT2D eigenvalue weighted by Crippen LogP contribution is -2.57. The summed E-state index contributed by atoms with van der Waals surface area (Å²) in [6, 6.07) is 8.09. The molecule has 6 nitrogen and oxygen atoms in total. The van der Waals surface area contributed by atoms with Crippen molar-refractivity contribution >= 4 is 28.2 Å². The Bertz CT molecular complexity index is 1130. The number of halogens is 1. The Kier molecular flexibility index (Phi) is 5.82. The van der Waals surface area contributed by atoms with Crippen LogP contribution in [-0.2, 0) is 11.2 Å². The Hall–Kier alpha value is -3.13. The van der Waals surface area contributed by atoms with Gasteiger partial charge in [-0.2, -0.15) is 10.2 Å². The molecule has 0 radical (unpaired) electrons. The van der Waals surface area contributed by atoms with Crippen molar-refractivity contribution in [3.05, 3.63) is 75.7 Å². The van der Waals surface area contributed by atoms with Gasteiger partial charge in [-0.3, -0.25) is 14.5 Å². The summed E-state index contributed by atoms with van der Waals surface area (Å²) in [6.45, 7) is 6.08. The molecule has 1 aromatic carbocycles. The molecule has 31 heavy (non-hydrogen) atoms. The number of hydrogen-bond acceptors (Lipinski definition) is 5. The molecule has 1 fully saturated rings. The quantitative estimate of drug-likeness (QED) is 0.622. The monoisotopic (exact) mass is 438 g/mol. The van der Waals surface area contributed by atoms with Crippen LogP contribution in [0.2, 0.25) is 0 Å². The first-order chi connectivity index (χ1) is 14.8. The molecule has 1 aliphatic rings. The van der Waals surface area contributed by atoms with Gasteiger partial charge in [0.15, 0.2) is 0 Å². The first-order valence-electron chi connectivity index (χ1n) is 10.1. The fraction of sp³-hybridized carbons (Fsp3) is 0.304. The fourth-order valence-corrected chi connectivity index (χ4v) is 4.66. The number of benzene rings is 1. The van der Waals surface area contributed by atoms with Crippen molar-refractivity contribution in [2.24, 2.45) is 0 Å². The van der Waals surface area contributed by atoms with Crippen molar-refractivity contribution in [2.45, 2.75) is 33.2 Å². The van der Waals surface area contributed by atoms with E-state index in [2.05, 4.69) is 10.2 Å². The van der Waals surface area contributed by atoms with E-state index in [1.54, 1.807) is 23.2 Å². The maximum absolute atomic E-state index is 14.6. The summed E-state index contributed by atoms with van der Waals surface area (Å²) in [5.74, 6) is -1.24. The van der Waals surface area contributed by atoms with Crippen molar-refractivity contribution < 1.29 is 14.0 Å². The van der Waals surface area contributed by atoms with Crippen molar-refractivity contribution in [1.82, 2.24) is 15.1 Å². The molecule has 0 aliphatic carbocycles. The maximum Gasteiger partial charge on any atom is 0.257 e. The second-order valence-corrected chi connectivity index (χ2v) is 8.77. The molecule has 1 saturated heterocycles. The minimum Gasteiger partial charge on any atom is -0.327 e. The van der Waals surface area contributed by atoms with E-state index >= 15 is 0 Å². The molecule has 2 amide bonds. The lowest BCUT2D eigenvalue weighted by atomic mass is 10.0. The third-order valence-electron chi connectivity index (χ3n) is 5.64. The molecule has 0 spiro atoms. The number of nitrogens with zero attached hydrogens (tertiary/aromatic N) is 4. The highest BCUT2D eigenvalue weighted by Gasteiger charge is 2.34. The largest absolute Gasteiger partial charge is 0.327 e. The number of carbonyl (C=O) groups excluding carboxylic acids is 2. The minimum atomic E-state index is -0.596. The van der Waals surface area contributed by atoms with Crippen LogP contribution in [0.4, 0.5) is 9.39 Å². The number of rotatable bonds is 4. The maximum atomic E-state index is 14.6. The smallest absolute Gasteiger partial charge is 0.257 e. The van der Waals surface area contributed by atoms with Gasteiger partial charge in [0.2, 0.25) is 5.91 Å². The summed E-state index contributed by atoms with van der Waals surface area (Å²) in [4.78, 5) is 29.0. The van der Waals surface area contributed by atoms with Crippen LogP contribution in [0.25, 0.3) is 0 Å². The van der Waals surface area contributed by atoms with E-state index in [0.29, 0.717) is 13.0 Å². The van der Waals surface area contributed by atoms with Crippen LogP contribution >= 0.6 is 11.3 Å². The lowest BCUT2D eigenvalue weighted by Gasteiger charge is -2.38. The van der Waals surface area contributed by atoms with E-state index in [1.165, 1.54) is 22.3 Å². The number of amides is 2. The van der Waals surface area contributed by atoms with Crippen LogP contribution in [0.5, 0.6) is 0 Å². The van der Waals surface area contributed by atoms with Gasteiger partial charge in [-0.25, -0.2) is 4.39 Å². The van der Waals surface area contributed by atoms with Gasteiger partial charge in [-0.1, -0.05) is 6.07 Å². The van der Waals surface area contributed by atoms with E-state index < -0.39 is 11.7 Å². The zero-order valence-electron chi connectivity index (χ0n) is 17.6. The molecule has 1 atom stereocenters. The second kappa shape index (κ2) is 8.55.